The van der Waals surface area contributed by atoms with Gasteiger partial charge >= 0.3 is 6.03 Å². The molecule has 2 atom stereocenters. The summed E-state index contributed by atoms with van der Waals surface area (Å²) >= 11 is 0. The molecule has 2 rings (SSSR count). The van der Waals surface area contributed by atoms with Crippen LogP contribution in [0.3, 0.4) is 0 Å². The number of barbiturate groups is 1. The fourth-order valence-corrected chi connectivity index (χ4v) is 1.90. The summed E-state index contributed by atoms with van der Waals surface area (Å²) in [7, 11) is 0. The largest absolute Gasteiger partial charge is 0.330 e. The minimum atomic E-state index is -1.13. The lowest BCUT2D eigenvalue weighted by molar-refractivity contribution is -0.149. The first-order chi connectivity index (χ1) is 7.34. The molecule has 1 saturated carbocycles. The second kappa shape index (κ2) is 3.30. The van der Waals surface area contributed by atoms with Crippen LogP contribution in [0.2, 0.25) is 0 Å². The minimum Gasteiger partial charge on any atom is -0.277 e. The van der Waals surface area contributed by atoms with E-state index in [9.17, 15) is 14.4 Å². The Balaban J connectivity index is 2.14. The summed E-state index contributed by atoms with van der Waals surface area (Å²) in [4.78, 5) is 36.2. The summed E-state index contributed by atoms with van der Waals surface area (Å²) in [5.74, 6) is 0.0722. The van der Waals surface area contributed by atoms with Crippen LogP contribution in [0.1, 0.15) is 27.2 Å². The van der Waals surface area contributed by atoms with Crippen LogP contribution in [0.25, 0.3) is 0 Å². The maximum atomic E-state index is 12.0. The number of carbonyl (C=O) groups excluding carboxylic acids is 3. The van der Waals surface area contributed by atoms with Gasteiger partial charge in [0, 0.05) is 6.54 Å². The van der Waals surface area contributed by atoms with Gasteiger partial charge in [0.05, 0.1) is 0 Å². The molecule has 0 aromatic carbocycles. The zero-order chi connectivity index (χ0) is 12.1. The van der Waals surface area contributed by atoms with Crippen molar-refractivity contribution in [3.8, 4) is 0 Å². The molecule has 1 saturated heterocycles. The van der Waals surface area contributed by atoms with Crippen molar-refractivity contribution in [3.63, 3.8) is 0 Å². The molecule has 2 aliphatic rings. The summed E-state index contributed by atoms with van der Waals surface area (Å²) in [5.41, 5.74) is -1.13. The number of rotatable bonds is 2. The minimum absolute atomic E-state index is 0.389. The SMILES string of the molecule is CC1CC1CN1C(=O)NC(=O)C(C)(C)C1=O. The zero-order valence-corrected chi connectivity index (χ0v) is 9.74. The molecule has 1 aliphatic heterocycles. The third kappa shape index (κ3) is 1.60. The Morgan fingerprint density at radius 1 is 1.38 bits per heavy atom. The fourth-order valence-electron chi connectivity index (χ4n) is 1.90. The quantitative estimate of drug-likeness (QED) is 0.704. The molecule has 2 fully saturated rings. The lowest BCUT2D eigenvalue weighted by Gasteiger charge is -2.34. The van der Waals surface area contributed by atoms with E-state index in [0.29, 0.717) is 18.4 Å². The molecule has 0 radical (unpaired) electrons. The Morgan fingerprint density at radius 3 is 2.44 bits per heavy atom. The van der Waals surface area contributed by atoms with Crippen LogP contribution in [0.15, 0.2) is 0 Å². The number of imide groups is 2. The van der Waals surface area contributed by atoms with E-state index in [2.05, 4.69) is 12.2 Å². The van der Waals surface area contributed by atoms with Gasteiger partial charge in [-0.1, -0.05) is 6.92 Å². The van der Waals surface area contributed by atoms with Gasteiger partial charge < -0.3 is 0 Å². The summed E-state index contributed by atoms with van der Waals surface area (Å²) in [6.45, 7) is 5.61. The predicted octanol–water partition coefficient (Wildman–Crippen LogP) is 0.747. The van der Waals surface area contributed by atoms with Gasteiger partial charge in [-0.2, -0.15) is 0 Å². The van der Waals surface area contributed by atoms with E-state index in [1.807, 2.05) is 0 Å². The summed E-state index contributed by atoms with van der Waals surface area (Å²) in [5, 5.41) is 2.23. The van der Waals surface area contributed by atoms with Gasteiger partial charge in [0.15, 0.2) is 0 Å². The molecular weight excluding hydrogens is 208 g/mol. The van der Waals surface area contributed by atoms with Crippen LogP contribution in [0.4, 0.5) is 4.79 Å². The second-order valence-corrected chi connectivity index (χ2v) is 5.27. The molecule has 1 aliphatic carbocycles. The molecule has 4 amide bonds. The highest BCUT2D eigenvalue weighted by Gasteiger charge is 2.49. The van der Waals surface area contributed by atoms with Crippen LogP contribution in [0, 0.1) is 17.3 Å². The van der Waals surface area contributed by atoms with Gasteiger partial charge in [-0.3, -0.25) is 19.8 Å². The number of amides is 4. The Hall–Kier alpha value is -1.39. The first-order valence-corrected chi connectivity index (χ1v) is 5.51. The molecular formula is C11H16N2O3. The lowest BCUT2D eigenvalue weighted by atomic mass is 9.88. The van der Waals surface area contributed by atoms with Crippen molar-refractivity contribution < 1.29 is 14.4 Å². The van der Waals surface area contributed by atoms with Gasteiger partial charge in [-0.05, 0) is 32.1 Å². The van der Waals surface area contributed by atoms with Crippen LogP contribution in [-0.2, 0) is 9.59 Å². The number of carbonyl (C=O) groups is 3. The van der Waals surface area contributed by atoms with Crippen molar-refractivity contribution in [2.75, 3.05) is 6.54 Å². The van der Waals surface area contributed by atoms with E-state index in [4.69, 9.17) is 0 Å². The molecule has 88 valence electrons. The third-order valence-corrected chi connectivity index (χ3v) is 3.51. The molecule has 1 N–H and O–H groups in total. The van der Waals surface area contributed by atoms with Crippen LogP contribution in [0.5, 0.6) is 0 Å². The lowest BCUT2D eigenvalue weighted by Crippen LogP contribution is -2.62. The molecule has 16 heavy (non-hydrogen) atoms. The molecule has 0 spiro atoms. The normalized spacial score (nSPS) is 32.7. The average molecular weight is 224 g/mol. The van der Waals surface area contributed by atoms with Crippen molar-refractivity contribution >= 4 is 17.8 Å². The fraction of sp³-hybridized carbons (Fsp3) is 0.727. The Morgan fingerprint density at radius 2 is 1.94 bits per heavy atom. The standard InChI is InChI=1S/C11H16N2O3/c1-6-4-7(6)5-13-9(15)11(2,3)8(14)12-10(13)16/h6-7H,4-5H2,1-3H3,(H,12,14,16). The molecule has 0 aromatic heterocycles. The van der Waals surface area contributed by atoms with E-state index >= 15 is 0 Å². The van der Waals surface area contributed by atoms with Crippen molar-refractivity contribution in [3.05, 3.63) is 0 Å². The van der Waals surface area contributed by atoms with Crippen molar-refractivity contribution in [2.24, 2.45) is 17.3 Å². The number of urea groups is 1. The zero-order valence-electron chi connectivity index (χ0n) is 9.74. The number of hydrogen-bond donors (Lipinski definition) is 1. The monoisotopic (exact) mass is 224 g/mol. The highest BCUT2D eigenvalue weighted by molar-refractivity contribution is 6.18. The molecule has 1 heterocycles. The number of nitrogens with zero attached hydrogens (tertiary/aromatic N) is 1. The molecule has 0 aromatic rings. The maximum absolute atomic E-state index is 12.0. The smallest absolute Gasteiger partial charge is 0.277 e. The third-order valence-electron chi connectivity index (χ3n) is 3.51. The summed E-state index contributed by atoms with van der Waals surface area (Å²) in [6, 6.07) is -0.576. The van der Waals surface area contributed by atoms with E-state index < -0.39 is 17.4 Å². The van der Waals surface area contributed by atoms with E-state index in [1.54, 1.807) is 13.8 Å². The van der Waals surface area contributed by atoms with Crippen molar-refractivity contribution in [1.82, 2.24) is 10.2 Å². The van der Waals surface area contributed by atoms with Crippen LogP contribution < -0.4 is 5.32 Å². The van der Waals surface area contributed by atoms with Gasteiger partial charge in [-0.25, -0.2) is 4.79 Å². The highest BCUT2D eigenvalue weighted by atomic mass is 16.2. The molecule has 0 bridgehead atoms. The van der Waals surface area contributed by atoms with Crippen LogP contribution >= 0.6 is 0 Å². The Bertz CT molecular complexity index is 375. The number of hydrogen-bond acceptors (Lipinski definition) is 3. The first-order valence-electron chi connectivity index (χ1n) is 5.51. The van der Waals surface area contributed by atoms with E-state index in [1.165, 1.54) is 4.90 Å². The van der Waals surface area contributed by atoms with E-state index in [0.717, 1.165) is 6.42 Å². The summed E-state index contributed by atoms with van der Waals surface area (Å²) in [6.07, 6.45) is 1.05. The Kier molecular flexibility index (Phi) is 2.29. The molecule has 2 unspecified atom stereocenters. The van der Waals surface area contributed by atoms with E-state index in [-0.39, 0.29) is 5.91 Å². The topological polar surface area (TPSA) is 66.5 Å². The Labute approximate surface area is 94.2 Å². The summed E-state index contributed by atoms with van der Waals surface area (Å²) < 4.78 is 0. The van der Waals surface area contributed by atoms with Gasteiger partial charge in [0.25, 0.3) is 0 Å². The van der Waals surface area contributed by atoms with Gasteiger partial charge in [0.2, 0.25) is 11.8 Å². The van der Waals surface area contributed by atoms with Gasteiger partial charge in [-0.15, -0.1) is 0 Å². The first kappa shape index (κ1) is 11.1. The maximum Gasteiger partial charge on any atom is 0.330 e. The average Bonchev–Trinajstić information content (AvgIpc) is 2.87. The molecule has 5 nitrogen and oxygen atoms in total. The van der Waals surface area contributed by atoms with Gasteiger partial charge in [0.1, 0.15) is 5.41 Å². The van der Waals surface area contributed by atoms with Crippen molar-refractivity contribution in [1.29, 1.82) is 0 Å². The second-order valence-electron chi connectivity index (χ2n) is 5.27. The number of nitrogens with one attached hydrogen (secondary N) is 1. The predicted molar refractivity (Wildman–Crippen MR) is 56.3 cm³/mol. The van der Waals surface area contributed by atoms with Crippen molar-refractivity contribution in [2.45, 2.75) is 27.2 Å². The molecule has 5 heteroatoms. The van der Waals surface area contributed by atoms with Crippen LogP contribution in [-0.4, -0.2) is 29.3 Å². The highest BCUT2D eigenvalue weighted by Crippen LogP contribution is 2.39.